The minimum atomic E-state index is -0.712. The molecule has 1 heterocycles. The molecule has 0 saturated carbocycles. The van der Waals surface area contributed by atoms with Crippen molar-refractivity contribution < 1.29 is 23.9 Å². The number of hydrogen-bond acceptors (Lipinski definition) is 5. The lowest BCUT2D eigenvalue weighted by atomic mass is 10.1. The van der Waals surface area contributed by atoms with Crippen LogP contribution in [0.2, 0.25) is 0 Å². The third kappa shape index (κ3) is 4.34. The topological polar surface area (TPSA) is 88.7 Å². The van der Waals surface area contributed by atoms with E-state index < -0.39 is 18.5 Å². The molecule has 0 saturated heterocycles. The molecule has 1 rings (SSSR count). The van der Waals surface area contributed by atoms with Crippen LogP contribution in [-0.2, 0) is 14.3 Å². The molecule has 0 aliphatic carbocycles. The summed E-state index contributed by atoms with van der Waals surface area (Å²) in [5, 5.41) is 0. The Morgan fingerprint density at radius 3 is 2.21 bits per heavy atom. The van der Waals surface area contributed by atoms with E-state index in [9.17, 15) is 14.4 Å². The summed E-state index contributed by atoms with van der Waals surface area (Å²) in [6.45, 7) is 10.6. The highest BCUT2D eigenvalue weighted by Crippen LogP contribution is 2.19. The number of carbonyl (C=O) groups excluding carboxylic acids is 3. The number of aromatic nitrogens is 1. The average Bonchev–Trinajstić information content (AvgIpc) is 2.86. The Labute approximate surface area is 140 Å². The molecular weight excluding hydrogens is 312 g/mol. The van der Waals surface area contributed by atoms with Crippen molar-refractivity contribution in [1.29, 1.82) is 0 Å². The largest absolute Gasteiger partial charge is 0.465 e. The number of methoxy groups -OCH3 is 1. The molecule has 0 unspecified atom stereocenters. The van der Waals surface area contributed by atoms with Gasteiger partial charge in [-0.05, 0) is 19.4 Å². The zero-order valence-corrected chi connectivity index (χ0v) is 14.2. The number of hydrogen-bond donors (Lipinski definition) is 1. The Balaban J connectivity index is 2.82. The summed E-state index contributed by atoms with van der Waals surface area (Å²) < 4.78 is 9.73. The first-order valence-corrected chi connectivity index (χ1v) is 7.31. The highest BCUT2D eigenvalue weighted by molar-refractivity contribution is 5.99. The summed E-state index contributed by atoms with van der Waals surface area (Å²) in [7, 11) is 1.26. The number of amides is 1. The predicted octanol–water partition coefficient (Wildman–Crippen LogP) is 1.78. The Hall–Kier alpha value is -2.83. The van der Waals surface area contributed by atoms with Gasteiger partial charge >= 0.3 is 11.9 Å². The first-order valence-electron chi connectivity index (χ1n) is 7.31. The van der Waals surface area contributed by atoms with Crippen LogP contribution in [0.4, 0.5) is 0 Å². The highest BCUT2D eigenvalue weighted by atomic mass is 16.5. The van der Waals surface area contributed by atoms with E-state index in [0.29, 0.717) is 24.3 Å². The molecule has 0 bridgehead atoms. The van der Waals surface area contributed by atoms with Crippen molar-refractivity contribution >= 4 is 17.8 Å². The minimum Gasteiger partial charge on any atom is -0.465 e. The summed E-state index contributed by atoms with van der Waals surface area (Å²) in [5.41, 5.74) is 1.33. The van der Waals surface area contributed by atoms with Crippen LogP contribution in [0.3, 0.4) is 0 Å². The summed E-state index contributed by atoms with van der Waals surface area (Å²) in [5.74, 6) is -1.62. The molecule has 0 atom stereocenters. The van der Waals surface area contributed by atoms with Gasteiger partial charge < -0.3 is 19.4 Å². The predicted molar refractivity (Wildman–Crippen MR) is 88.9 cm³/mol. The quantitative estimate of drug-likeness (QED) is 0.578. The number of aryl methyl sites for hydroxylation is 1. The van der Waals surface area contributed by atoms with Crippen molar-refractivity contribution in [1.82, 2.24) is 9.88 Å². The second-order valence-corrected chi connectivity index (χ2v) is 5.07. The standard InChI is InChI=1S/C17H22N2O5/c1-6-8-19(9-7-2)13(20)10-24-17(22)15-11(3)14(12(4)18-15)16(21)23-5/h6-7,18H,1-2,8-10H2,3-5H3. The van der Waals surface area contributed by atoms with Crippen LogP contribution < -0.4 is 0 Å². The van der Waals surface area contributed by atoms with Gasteiger partial charge in [-0.2, -0.15) is 0 Å². The molecule has 0 aliphatic rings. The molecule has 1 aromatic heterocycles. The molecule has 1 aromatic rings. The summed E-state index contributed by atoms with van der Waals surface area (Å²) in [6.07, 6.45) is 3.15. The van der Waals surface area contributed by atoms with Gasteiger partial charge in [0.15, 0.2) is 6.61 Å². The summed E-state index contributed by atoms with van der Waals surface area (Å²) >= 11 is 0. The SMILES string of the molecule is C=CCN(CC=C)C(=O)COC(=O)c1[nH]c(C)c(C(=O)OC)c1C. The molecule has 0 radical (unpaired) electrons. The van der Waals surface area contributed by atoms with Crippen molar-refractivity contribution in [3.63, 3.8) is 0 Å². The van der Waals surface area contributed by atoms with Crippen molar-refractivity contribution in [3.8, 4) is 0 Å². The Morgan fingerprint density at radius 1 is 1.12 bits per heavy atom. The average molecular weight is 334 g/mol. The molecule has 0 aromatic carbocycles. The zero-order chi connectivity index (χ0) is 18.3. The second kappa shape index (κ2) is 8.71. The van der Waals surface area contributed by atoms with Crippen molar-refractivity contribution in [3.05, 3.63) is 47.8 Å². The fraction of sp³-hybridized carbons (Fsp3) is 0.353. The number of ether oxygens (including phenoxy) is 2. The molecule has 0 fully saturated rings. The third-order valence-electron chi connectivity index (χ3n) is 3.41. The van der Waals surface area contributed by atoms with Crippen LogP contribution >= 0.6 is 0 Å². The van der Waals surface area contributed by atoms with Gasteiger partial charge in [-0.15, -0.1) is 13.2 Å². The van der Waals surface area contributed by atoms with Crippen LogP contribution in [0, 0.1) is 13.8 Å². The van der Waals surface area contributed by atoms with Crippen molar-refractivity contribution in [2.24, 2.45) is 0 Å². The normalized spacial score (nSPS) is 9.96. The van der Waals surface area contributed by atoms with Crippen molar-refractivity contribution in [2.45, 2.75) is 13.8 Å². The van der Waals surface area contributed by atoms with E-state index in [2.05, 4.69) is 22.9 Å². The van der Waals surface area contributed by atoms with Gasteiger partial charge in [-0.1, -0.05) is 12.2 Å². The van der Waals surface area contributed by atoms with E-state index in [4.69, 9.17) is 4.74 Å². The number of nitrogens with zero attached hydrogens (tertiary/aromatic N) is 1. The lowest BCUT2D eigenvalue weighted by Gasteiger charge is -2.18. The summed E-state index contributed by atoms with van der Waals surface area (Å²) in [4.78, 5) is 40.2. The fourth-order valence-electron chi connectivity index (χ4n) is 2.24. The van der Waals surface area contributed by atoms with Gasteiger partial charge in [0, 0.05) is 18.8 Å². The Morgan fingerprint density at radius 2 is 1.71 bits per heavy atom. The first-order chi connectivity index (χ1) is 11.4. The first kappa shape index (κ1) is 19.2. The maximum absolute atomic E-state index is 12.2. The van der Waals surface area contributed by atoms with Gasteiger partial charge in [0.05, 0.1) is 12.7 Å². The molecule has 1 amide bonds. The van der Waals surface area contributed by atoms with Crippen LogP contribution in [0.5, 0.6) is 0 Å². The lowest BCUT2D eigenvalue weighted by Crippen LogP contribution is -2.35. The van der Waals surface area contributed by atoms with E-state index in [1.54, 1.807) is 26.0 Å². The molecular formula is C17H22N2O5. The smallest absolute Gasteiger partial charge is 0.355 e. The van der Waals surface area contributed by atoms with Gasteiger partial charge in [0.1, 0.15) is 5.69 Å². The van der Waals surface area contributed by atoms with E-state index in [1.807, 2.05) is 0 Å². The number of rotatable bonds is 8. The van der Waals surface area contributed by atoms with Gasteiger partial charge in [0.2, 0.25) is 0 Å². The molecule has 130 valence electrons. The molecule has 0 aliphatic heterocycles. The molecule has 0 spiro atoms. The van der Waals surface area contributed by atoms with Crippen LogP contribution in [0.1, 0.15) is 32.1 Å². The lowest BCUT2D eigenvalue weighted by molar-refractivity contribution is -0.133. The van der Waals surface area contributed by atoms with E-state index in [0.717, 1.165) is 0 Å². The van der Waals surface area contributed by atoms with Gasteiger partial charge in [0.25, 0.3) is 5.91 Å². The number of esters is 2. The molecule has 1 N–H and O–H groups in total. The van der Waals surface area contributed by atoms with Crippen LogP contribution in [0.25, 0.3) is 0 Å². The third-order valence-corrected chi connectivity index (χ3v) is 3.41. The van der Waals surface area contributed by atoms with E-state index in [-0.39, 0.29) is 17.2 Å². The zero-order valence-electron chi connectivity index (χ0n) is 14.2. The maximum atomic E-state index is 12.2. The van der Waals surface area contributed by atoms with Gasteiger partial charge in [-0.25, -0.2) is 9.59 Å². The number of aromatic amines is 1. The molecule has 24 heavy (non-hydrogen) atoms. The fourth-order valence-corrected chi connectivity index (χ4v) is 2.24. The summed E-state index contributed by atoms with van der Waals surface area (Å²) in [6, 6.07) is 0. The van der Waals surface area contributed by atoms with Gasteiger partial charge in [-0.3, -0.25) is 4.79 Å². The van der Waals surface area contributed by atoms with Crippen LogP contribution in [0.15, 0.2) is 25.3 Å². The number of H-pyrrole nitrogens is 1. The van der Waals surface area contributed by atoms with Crippen LogP contribution in [-0.4, -0.2) is 54.5 Å². The van der Waals surface area contributed by atoms with Crippen molar-refractivity contribution in [2.75, 3.05) is 26.8 Å². The molecule has 7 heteroatoms. The van der Waals surface area contributed by atoms with E-state index in [1.165, 1.54) is 12.0 Å². The Kier molecular flexibility index (Phi) is 6.98. The Bertz CT molecular complexity index is 650. The molecule has 7 nitrogen and oxygen atoms in total. The highest BCUT2D eigenvalue weighted by Gasteiger charge is 2.24. The maximum Gasteiger partial charge on any atom is 0.355 e. The number of carbonyl (C=O) groups is 3. The second-order valence-electron chi connectivity index (χ2n) is 5.07. The minimum absolute atomic E-state index is 0.125. The number of nitrogens with one attached hydrogen (secondary N) is 1. The monoisotopic (exact) mass is 334 g/mol. The van der Waals surface area contributed by atoms with E-state index >= 15 is 0 Å².